The van der Waals surface area contributed by atoms with Gasteiger partial charge in [-0.25, -0.2) is 4.68 Å². The lowest BCUT2D eigenvalue weighted by atomic mass is 10.5. The van der Waals surface area contributed by atoms with Gasteiger partial charge in [0.2, 0.25) is 0 Å². The van der Waals surface area contributed by atoms with Gasteiger partial charge in [0.15, 0.2) is 0 Å². The zero-order chi connectivity index (χ0) is 6.85. The number of hydrogen-bond donors (Lipinski definition) is 2. The van der Waals surface area contributed by atoms with Crippen molar-refractivity contribution in [1.82, 2.24) is 4.68 Å². The maximum absolute atomic E-state index is 10.7. The Kier molecular flexibility index (Phi) is 1.48. The summed E-state index contributed by atoms with van der Waals surface area (Å²) in [6, 6.07) is 3.25. The molecular weight excluding hydrogens is 136 g/mol. The summed E-state index contributed by atoms with van der Waals surface area (Å²) < 4.78 is 0.988. The Morgan fingerprint density at radius 3 is 2.78 bits per heavy atom. The van der Waals surface area contributed by atoms with Crippen molar-refractivity contribution in [2.45, 2.75) is 4.90 Å². The van der Waals surface area contributed by atoms with Gasteiger partial charge in [-0.2, -0.15) is 0 Å². The summed E-state index contributed by atoms with van der Waals surface area (Å²) in [7, 11) is 0. The summed E-state index contributed by atoms with van der Waals surface area (Å²) in [5.74, 6) is 5.18. The molecule has 1 aromatic heterocycles. The lowest BCUT2D eigenvalue weighted by molar-refractivity contribution is 0.901. The minimum atomic E-state index is -0.277. The molecule has 0 unspecified atom stereocenters. The standard InChI is InChI=1S/C5H6N2OS/c6-7-3-1-2-4(9)5(7)8/h1-3,9H,6H2. The summed E-state index contributed by atoms with van der Waals surface area (Å²) in [4.78, 5) is 11.1. The molecule has 9 heavy (non-hydrogen) atoms. The van der Waals surface area contributed by atoms with Gasteiger partial charge in [-0.05, 0) is 12.1 Å². The van der Waals surface area contributed by atoms with E-state index in [2.05, 4.69) is 12.6 Å². The summed E-state index contributed by atoms with van der Waals surface area (Å²) in [6.45, 7) is 0. The molecule has 1 aromatic rings. The molecule has 0 saturated heterocycles. The zero-order valence-corrected chi connectivity index (χ0v) is 5.51. The third-order valence-electron chi connectivity index (χ3n) is 0.954. The third-order valence-corrected chi connectivity index (χ3v) is 1.29. The number of hydrogen-bond acceptors (Lipinski definition) is 3. The number of thiol groups is 1. The molecule has 48 valence electrons. The van der Waals surface area contributed by atoms with Crippen LogP contribution in [0.25, 0.3) is 0 Å². The summed E-state index contributed by atoms with van der Waals surface area (Å²) >= 11 is 3.85. The van der Waals surface area contributed by atoms with Crippen LogP contribution in [-0.4, -0.2) is 4.68 Å². The van der Waals surface area contributed by atoms with E-state index in [9.17, 15) is 4.79 Å². The van der Waals surface area contributed by atoms with Crippen molar-refractivity contribution in [3.63, 3.8) is 0 Å². The van der Waals surface area contributed by atoms with Gasteiger partial charge in [0, 0.05) is 6.20 Å². The van der Waals surface area contributed by atoms with Crippen molar-refractivity contribution in [3.05, 3.63) is 28.7 Å². The largest absolute Gasteiger partial charge is 0.336 e. The monoisotopic (exact) mass is 142 g/mol. The van der Waals surface area contributed by atoms with E-state index in [0.717, 1.165) is 4.68 Å². The minimum absolute atomic E-state index is 0.277. The van der Waals surface area contributed by atoms with Gasteiger partial charge in [0.25, 0.3) is 5.56 Å². The van der Waals surface area contributed by atoms with Crippen LogP contribution in [0.4, 0.5) is 0 Å². The first-order valence-electron chi connectivity index (χ1n) is 2.37. The Balaban J connectivity index is 3.43. The molecule has 0 saturated carbocycles. The molecule has 0 radical (unpaired) electrons. The molecule has 1 heterocycles. The highest BCUT2D eigenvalue weighted by Crippen LogP contribution is 1.92. The molecule has 0 aliphatic rings. The van der Waals surface area contributed by atoms with Gasteiger partial charge in [0.1, 0.15) is 0 Å². The van der Waals surface area contributed by atoms with Crippen LogP contribution in [-0.2, 0) is 0 Å². The molecule has 0 aliphatic heterocycles. The average molecular weight is 142 g/mol. The first-order chi connectivity index (χ1) is 4.22. The number of aromatic nitrogens is 1. The van der Waals surface area contributed by atoms with Gasteiger partial charge in [0.05, 0.1) is 4.90 Å². The molecule has 0 aromatic carbocycles. The second-order valence-corrected chi connectivity index (χ2v) is 2.09. The van der Waals surface area contributed by atoms with Crippen LogP contribution in [0.1, 0.15) is 0 Å². The van der Waals surface area contributed by atoms with Crippen LogP contribution in [0.15, 0.2) is 28.0 Å². The van der Waals surface area contributed by atoms with E-state index < -0.39 is 0 Å². The molecule has 0 atom stereocenters. The van der Waals surface area contributed by atoms with Crippen LogP contribution < -0.4 is 11.4 Å². The fourth-order valence-electron chi connectivity index (χ4n) is 0.498. The molecule has 4 heteroatoms. The molecule has 3 nitrogen and oxygen atoms in total. The number of nitrogens with two attached hydrogens (primary N) is 1. The lowest BCUT2D eigenvalue weighted by Gasteiger charge is -1.94. The average Bonchev–Trinajstić information content (AvgIpc) is 1.83. The van der Waals surface area contributed by atoms with Crippen LogP contribution in [0.2, 0.25) is 0 Å². The number of rotatable bonds is 0. The van der Waals surface area contributed by atoms with Crippen LogP contribution in [0.3, 0.4) is 0 Å². The first-order valence-corrected chi connectivity index (χ1v) is 2.82. The fraction of sp³-hybridized carbons (Fsp3) is 0. The molecule has 0 bridgehead atoms. The van der Waals surface area contributed by atoms with E-state index in [4.69, 9.17) is 5.84 Å². The van der Waals surface area contributed by atoms with E-state index in [1.807, 2.05) is 0 Å². The molecule has 1 rings (SSSR count). The Bertz CT molecular complexity index is 245. The highest BCUT2D eigenvalue weighted by molar-refractivity contribution is 7.80. The van der Waals surface area contributed by atoms with Crippen molar-refractivity contribution in [1.29, 1.82) is 0 Å². The summed E-state index contributed by atoms with van der Waals surface area (Å²) in [6.07, 6.45) is 1.47. The molecular formula is C5H6N2OS. The SMILES string of the molecule is Nn1cccc(S)c1=O. The highest BCUT2D eigenvalue weighted by atomic mass is 32.1. The van der Waals surface area contributed by atoms with E-state index >= 15 is 0 Å². The maximum Gasteiger partial charge on any atom is 0.282 e. The number of pyridine rings is 1. The van der Waals surface area contributed by atoms with Gasteiger partial charge in [-0.1, -0.05) is 0 Å². The first kappa shape index (κ1) is 6.22. The lowest BCUT2D eigenvalue weighted by Crippen LogP contribution is -2.26. The van der Waals surface area contributed by atoms with Gasteiger partial charge >= 0.3 is 0 Å². The number of nitrogens with zero attached hydrogens (tertiary/aromatic N) is 1. The molecule has 2 N–H and O–H groups in total. The van der Waals surface area contributed by atoms with E-state index in [1.54, 1.807) is 12.1 Å². The van der Waals surface area contributed by atoms with Crippen molar-refractivity contribution < 1.29 is 0 Å². The third kappa shape index (κ3) is 1.08. The van der Waals surface area contributed by atoms with Crippen molar-refractivity contribution in [2.24, 2.45) is 0 Å². The van der Waals surface area contributed by atoms with Crippen molar-refractivity contribution in [3.8, 4) is 0 Å². The molecule has 0 aliphatic carbocycles. The predicted molar refractivity (Wildman–Crippen MR) is 38.1 cm³/mol. The quantitative estimate of drug-likeness (QED) is 0.391. The van der Waals surface area contributed by atoms with Crippen molar-refractivity contribution >= 4 is 12.6 Å². The van der Waals surface area contributed by atoms with E-state index in [1.165, 1.54) is 6.20 Å². The Morgan fingerprint density at radius 1 is 1.67 bits per heavy atom. The smallest absolute Gasteiger partial charge is 0.282 e. The molecule has 0 fully saturated rings. The van der Waals surface area contributed by atoms with E-state index in [-0.39, 0.29) is 5.56 Å². The second kappa shape index (κ2) is 2.14. The maximum atomic E-state index is 10.7. The Hall–Kier alpha value is -0.900. The normalized spacial score (nSPS) is 9.44. The van der Waals surface area contributed by atoms with Crippen LogP contribution in [0.5, 0.6) is 0 Å². The zero-order valence-electron chi connectivity index (χ0n) is 4.61. The highest BCUT2D eigenvalue weighted by Gasteiger charge is 1.91. The Morgan fingerprint density at radius 2 is 2.33 bits per heavy atom. The molecule has 0 amide bonds. The van der Waals surface area contributed by atoms with Gasteiger partial charge in [-0.15, -0.1) is 12.6 Å². The van der Waals surface area contributed by atoms with Crippen molar-refractivity contribution in [2.75, 3.05) is 5.84 Å². The summed E-state index contributed by atoms with van der Waals surface area (Å²) in [5.41, 5.74) is -0.277. The van der Waals surface area contributed by atoms with Crippen LogP contribution >= 0.6 is 12.6 Å². The van der Waals surface area contributed by atoms with Gasteiger partial charge in [-0.3, -0.25) is 4.79 Å². The number of nitrogen functional groups attached to an aromatic ring is 1. The molecule has 0 spiro atoms. The topological polar surface area (TPSA) is 48.0 Å². The minimum Gasteiger partial charge on any atom is -0.336 e. The van der Waals surface area contributed by atoms with Crippen LogP contribution in [0, 0.1) is 0 Å². The summed E-state index contributed by atoms with van der Waals surface area (Å²) in [5, 5.41) is 0. The second-order valence-electron chi connectivity index (χ2n) is 1.61. The fourth-order valence-corrected chi connectivity index (χ4v) is 0.700. The van der Waals surface area contributed by atoms with E-state index in [0.29, 0.717) is 4.90 Å². The predicted octanol–water partition coefficient (Wildman–Crippen LogP) is -0.149. The Labute approximate surface area is 57.5 Å². The van der Waals surface area contributed by atoms with Gasteiger partial charge < -0.3 is 5.84 Å².